The number of hydrogen-bond donors (Lipinski definition) is 0. The fourth-order valence-corrected chi connectivity index (χ4v) is 10.6. The molecule has 2 heterocycles. The molecule has 0 aromatic heterocycles. The zero-order valence-corrected chi connectivity index (χ0v) is 45.4. The first-order chi connectivity index (χ1) is 39.7. The van der Waals surface area contributed by atoms with E-state index >= 15 is 0 Å². The smallest absolute Gasteiger partial charge is 0.159 e. The summed E-state index contributed by atoms with van der Waals surface area (Å²) >= 11 is 0. The Morgan fingerprint density at radius 3 is 1.06 bits per heavy atom. The summed E-state index contributed by atoms with van der Waals surface area (Å²) in [5, 5.41) is 0. The van der Waals surface area contributed by atoms with Crippen molar-refractivity contribution >= 4 is 0 Å². The molecule has 0 amide bonds. The molecule has 0 bridgehead atoms. The second-order valence-corrected chi connectivity index (χ2v) is 20.6. The standard InChI is InChI=1S/C70H74O10/c1-9-25-53(26-10-1)43-71-50-63(60-39-23-8-24-40-60)79-66-42-61(67(74-46-56-31-15-4-16-32-56)64(80-66)51-72-44-54-27-11-2-12-28-54)41-62-68(75-47-57-33-17-5-18-34-57)70(77-49-59-37-21-7-22-38-59)69(76-48-58-35-19-6-20-36-58)65(78-62)52-73-45-55-29-13-3-14-30-55/h1-40,61-70H,41-52H2/t61-,62+,63-,64-,65+,66-,67+,68+,69+,70+/m0/s1. The summed E-state index contributed by atoms with van der Waals surface area (Å²) in [4.78, 5) is 0. The molecule has 8 aromatic rings. The monoisotopic (exact) mass is 1070 g/mol. The molecule has 0 N–H and O–H groups in total. The molecule has 80 heavy (non-hydrogen) atoms. The molecule has 0 aliphatic carbocycles. The number of ether oxygens (including phenoxy) is 10. The fourth-order valence-electron chi connectivity index (χ4n) is 10.6. The van der Waals surface area contributed by atoms with Crippen molar-refractivity contribution in [2.24, 2.45) is 5.92 Å². The van der Waals surface area contributed by atoms with E-state index in [1.165, 1.54) is 0 Å². The maximum absolute atomic E-state index is 7.53. The van der Waals surface area contributed by atoms with Crippen molar-refractivity contribution in [3.8, 4) is 0 Å². The van der Waals surface area contributed by atoms with Gasteiger partial charge in [0.15, 0.2) is 6.29 Å². The Kier molecular flexibility index (Phi) is 21.8. The quantitative estimate of drug-likeness (QED) is 0.0451. The van der Waals surface area contributed by atoms with Crippen LogP contribution in [-0.2, 0) is 93.6 Å². The summed E-state index contributed by atoms with van der Waals surface area (Å²) in [5.41, 5.74) is 8.36. The van der Waals surface area contributed by atoms with Crippen LogP contribution in [0.5, 0.6) is 0 Å². The third kappa shape index (κ3) is 17.2. The first kappa shape index (κ1) is 56.6. The van der Waals surface area contributed by atoms with Gasteiger partial charge in [0, 0.05) is 6.42 Å². The van der Waals surface area contributed by atoms with Crippen molar-refractivity contribution in [3.63, 3.8) is 0 Å². The molecule has 2 aliphatic heterocycles. The third-order valence-electron chi connectivity index (χ3n) is 14.7. The highest BCUT2D eigenvalue weighted by Crippen LogP contribution is 2.40. The molecular formula is C70H74O10. The summed E-state index contributed by atoms with van der Waals surface area (Å²) in [7, 11) is 0. The molecule has 2 aliphatic rings. The maximum atomic E-state index is 7.53. The van der Waals surface area contributed by atoms with E-state index < -0.39 is 55.1 Å². The minimum Gasteiger partial charge on any atom is -0.374 e. The largest absolute Gasteiger partial charge is 0.374 e. The maximum Gasteiger partial charge on any atom is 0.159 e. The molecule has 0 radical (unpaired) electrons. The van der Waals surface area contributed by atoms with Gasteiger partial charge in [-0.1, -0.05) is 243 Å². The Morgan fingerprint density at radius 1 is 0.325 bits per heavy atom. The molecular weight excluding hydrogens is 1000 g/mol. The van der Waals surface area contributed by atoms with E-state index in [2.05, 4.69) is 97.1 Å². The van der Waals surface area contributed by atoms with E-state index in [1.807, 2.05) is 146 Å². The van der Waals surface area contributed by atoms with Gasteiger partial charge in [-0.2, -0.15) is 0 Å². The van der Waals surface area contributed by atoms with E-state index in [9.17, 15) is 0 Å². The van der Waals surface area contributed by atoms with E-state index in [1.54, 1.807) is 0 Å². The minimum absolute atomic E-state index is 0.209. The third-order valence-corrected chi connectivity index (χ3v) is 14.7. The van der Waals surface area contributed by atoms with Crippen LogP contribution < -0.4 is 0 Å². The SMILES string of the molecule is c1ccc(COC[C@H](O[C@@H]2C[C@H](C[C@H]3O[C@H](COCc4ccccc4)[C@@H](OCc4ccccc4)[C@H](OCc4ccccc4)[C@@H]3OCc3ccccc3)[C@@H](OCc3ccccc3)[C@H](COCc3ccccc3)O2)c2ccccc2)cc1. The van der Waals surface area contributed by atoms with Crippen LogP contribution in [0.15, 0.2) is 243 Å². The van der Waals surface area contributed by atoms with Gasteiger partial charge in [0.2, 0.25) is 0 Å². The molecule has 0 spiro atoms. The summed E-state index contributed by atoms with van der Waals surface area (Å²) in [6.07, 6.45) is -4.09. The molecule has 2 saturated heterocycles. The van der Waals surface area contributed by atoms with Gasteiger partial charge in [0.25, 0.3) is 0 Å². The van der Waals surface area contributed by atoms with Crippen LogP contribution in [0.3, 0.4) is 0 Å². The second kappa shape index (κ2) is 30.8. The van der Waals surface area contributed by atoms with Crippen LogP contribution >= 0.6 is 0 Å². The van der Waals surface area contributed by atoms with Crippen molar-refractivity contribution < 1.29 is 47.4 Å². The molecule has 414 valence electrons. The minimum atomic E-state index is -0.684. The van der Waals surface area contributed by atoms with E-state index in [0.717, 1.165) is 44.5 Å². The second-order valence-electron chi connectivity index (χ2n) is 20.6. The van der Waals surface area contributed by atoms with Crippen LogP contribution in [0, 0.1) is 5.92 Å². The lowest BCUT2D eigenvalue weighted by Gasteiger charge is -2.49. The first-order valence-corrected chi connectivity index (χ1v) is 28.2. The van der Waals surface area contributed by atoms with Crippen LogP contribution in [0.25, 0.3) is 0 Å². The van der Waals surface area contributed by atoms with Crippen LogP contribution in [0.2, 0.25) is 0 Å². The number of rotatable bonds is 29. The van der Waals surface area contributed by atoms with Gasteiger partial charge in [-0.3, -0.25) is 0 Å². The predicted molar refractivity (Wildman–Crippen MR) is 309 cm³/mol. The van der Waals surface area contributed by atoms with Crippen LogP contribution in [0.4, 0.5) is 0 Å². The van der Waals surface area contributed by atoms with E-state index in [0.29, 0.717) is 65.7 Å². The summed E-state index contributed by atoms with van der Waals surface area (Å²) in [6, 6.07) is 81.9. The van der Waals surface area contributed by atoms with Crippen molar-refractivity contribution in [1.29, 1.82) is 0 Å². The highest BCUT2D eigenvalue weighted by molar-refractivity contribution is 5.21. The van der Waals surface area contributed by atoms with Gasteiger partial charge in [0.05, 0.1) is 78.3 Å². The topological polar surface area (TPSA) is 92.3 Å². The Bertz CT molecular complexity index is 2910. The van der Waals surface area contributed by atoms with Gasteiger partial charge >= 0.3 is 0 Å². The van der Waals surface area contributed by atoms with Crippen molar-refractivity contribution in [2.75, 3.05) is 19.8 Å². The predicted octanol–water partition coefficient (Wildman–Crippen LogP) is 13.6. The van der Waals surface area contributed by atoms with Crippen molar-refractivity contribution in [3.05, 3.63) is 287 Å². The van der Waals surface area contributed by atoms with Crippen molar-refractivity contribution in [2.45, 2.75) is 114 Å². The zero-order chi connectivity index (χ0) is 54.2. The highest BCUT2D eigenvalue weighted by Gasteiger charge is 2.51. The van der Waals surface area contributed by atoms with E-state index in [-0.39, 0.29) is 19.1 Å². The van der Waals surface area contributed by atoms with E-state index in [4.69, 9.17) is 47.4 Å². The lowest BCUT2D eigenvalue weighted by Crippen LogP contribution is -2.62. The molecule has 8 aromatic carbocycles. The Hall–Kier alpha value is -6.64. The molecule has 10 heteroatoms. The molecule has 10 rings (SSSR count). The molecule has 2 fully saturated rings. The first-order valence-electron chi connectivity index (χ1n) is 28.2. The zero-order valence-electron chi connectivity index (χ0n) is 45.4. The lowest BCUT2D eigenvalue weighted by molar-refractivity contribution is -0.294. The fraction of sp³-hybridized carbons (Fsp3) is 0.314. The van der Waals surface area contributed by atoms with Gasteiger partial charge in [-0.25, -0.2) is 0 Å². The number of hydrogen-bond acceptors (Lipinski definition) is 10. The lowest BCUT2D eigenvalue weighted by atomic mass is 9.82. The molecule has 10 nitrogen and oxygen atoms in total. The van der Waals surface area contributed by atoms with Gasteiger partial charge in [-0.15, -0.1) is 0 Å². The van der Waals surface area contributed by atoms with Crippen LogP contribution in [-0.4, -0.2) is 68.8 Å². The molecule has 0 unspecified atom stereocenters. The van der Waals surface area contributed by atoms with Gasteiger partial charge < -0.3 is 47.4 Å². The Labute approximate surface area is 472 Å². The summed E-state index contributed by atoms with van der Waals surface area (Å²) < 4.78 is 70.3. The normalized spacial score (nSPS) is 22.4. The number of benzene rings is 8. The highest BCUT2D eigenvalue weighted by atomic mass is 16.7. The molecule has 0 saturated carbocycles. The Balaban J connectivity index is 1.01. The molecule has 10 atom stereocenters. The Morgan fingerprint density at radius 2 is 0.650 bits per heavy atom. The summed E-state index contributed by atoms with van der Waals surface area (Å²) in [6.45, 7) is 3.39. The average Bonchev–Trinajstić information content (AvgIpc) is 3.53. The van der Waals surface area contributed by atoms with Crippen molar-refractivity contribution in [1.82, 2.24) is 0 Å². The summed E-state index contributed by atoms with van der Waals surface area (Å²) in [5.74, 6) is -0.209. The van der Waals surface area contributed by atoms with Crippen LogP contribution in [0.1, 0.15) is 63.5 Å². The van der Waals surface area contributed by atoms with Gasteiger partial charge in [0.1, 0.15) is 36.6 Å². The average molecular weight is 1080 g/mol. The van der Waals surface area contributed by atoms with Gasteiger partial charge in [-0.05, 0) is 56.8 Å².